The maximum atomic E-state index is 12.4. The van der Waals surface area contributed by atoms with E-state index in [9.17, 15) is 4.79 Å². The van der Waals surface area contributed by atoms with E-state index in [1.54, 1.807) is 30.0 Å². The smallest absolute Gasteiger partial charge is 0.322 e. The third-order valence-corrected chi connectivity index (χ3v) is 4.33. The summed E-state index contributed by atoms with van der Waals surface area (Å²) in [5.41, 5.74) is 1.17. The molecule has 0 saturated carbocycles. The first-order chi connectivity index (χ1) is 12.6. The van der Waals surface area contributed by atoms with Crippen molar-refractivity contribution in [3.63, 3.8) is 0 Å². The third kappa shape index (κ3) is 3.80. The summed E-state index contributed by atoms with van der Waals surface area (Å²) in [4.78, 5) is 13.5. The topological polar surface area (TPSA) is 86.5 Å². The van der Waals surface area contributed by atoms with Crippen molar-refractivity contribution in [2.24, 2.45) is 0 Å². The molecule has 134 valence electrons. The summed E-state index contributed by atoms with van der Waals surface area (Å²) in [7, 11) is 3.04. The van der Waals surface area contributed by atoms with Crippen LogP contribution in [-0.4, -0.2) is 36.6 Å². The molecule has 1 amide bonds. The highest BCUT2D eigenvalue weighted by Gasteiger charge is 2.15. The molecular formula is C18H17N3O4S. The number of rotatable bonds is 6. The molecule has 2 aromatic carbocycles. The monoisotopic (exact) mass is 371 g/mol. The highest BCUT2D eigenvalue weighted by molar-refractivity contribution is 7.98. The molecule has 1 N–H and O–H groups in total. The van der Waals surface area contributed by atoms with Crippen LogP contribution in [0.25, 0.3) is 11.5 Å². The zero-order chi connectivity index (χ0) is 18.5. The summed E-state index contributed by atoms with van der Waals surface area (Å²) in [5.74, 6) is 0.945. The Morgan fingerprint density at radius 3 is 2.62 bits per heavy atom. The number of nitrogens with zero attached hydrogens (tertiary/aromatic N) is 2. The van der Waals surface area contributed by atoms with Gasteiger partial charge in [-0.1, -0.05) is 11.2 Å². The third-order valence-electron chi connectivity index (χ3n) is 3.61. The predicted octanol–water partition coefficient (Wildman–Crippen LogP) is 3.73. The van der Waals surface area contributed by atoms with Crippen LogP contribution in [-0.2, 0) is 0 Å². The van der Waals surface area contributed by atoms with Gasteiger partial charge in [0.15, 0.2) is 11.5 Å². The first kappa shape index (κ1) is 17.8. The fraction of sp³-hybridized carbons (Fsp3) is 0.167. The normalized spacial score (nSPS) is 10.4. The van der Waals surface area contributed by atoms with Crippen LogP contribution in [0, 0.1) is 0 Å². The number of carbonyl (C=O) groups is 1. The molecule has 0 atom stereocenters. The Morgan fingerprint density at radius 1 is 1.08 bits per heavy atom. The van der Waals surface area contributed by atoms with E-state index in [0.717, 1.165) is 10.5 Å². The average Bonchev–Trinajstić information content (AvgIpc) is 3.15. The second kappa shape index (κ2) is 7.92. The number of thioether (sulfide) groups is 1. The zero-order valence-corrected chi connectivity index (χ0v) is 15.3. The second-order valence-corrected chi connectivity index (χ2v) is 6.05. The molecule has 0 aliphatic carbocycles. The minimum Gasteiger partial charge on any atom is -0.493 e. The van der Waals surface area contributed by atoms with Crippen molar-refractivity contribution in [1.29, 1.82) is 0 Å². The molecular weight excluding hydrogens is 354 g/mol. The van der Waals surface area contributed by atoms with Crippen LogP contribution in [0.1, 0.15) is 10.4 Å². The van der Waals surface area contributed by atoms with Crippen molar-refractivity contribution < 1.29 is 18.7 Å². The molecule has 1 aromatic heterocycles. The number of amides is 1. The molecule has 0 unspecified atom stereocenters. The molecule has 26 heavy (non-hydrogen) atoms. The summed E-state index contributed by atoms with van der Waals surface area (Å²) in [6.07, 6.45) is 1.99. The number of benzene rings is 2. The summed E-state index contributed by atoms with van der Waals surface area (Å²) in [6, 6.07) is 12.6. The number of aromatic nitrogens is 2. The van der Waals surface area contributed by atoms with E-state index in [1.807, 2.05) is 30.5 Å². The summed E-state index contributed by atoms with van der Waals surface area (Å²) in [5, 5.41) is 10.4. The lowest BCUT2D eigenvalue weighted by Gasteiger charge is -2.08. The van der Waals surface area contributed by atoms with Gasteiger partial charge >= 0.3 is 6.01 Å². The van der Waals surface area contributed by atoms with Gasteiger partial charge in [0.1, 0.15) is 0 Å². The first-order valence-corrected chi connectivity index (χ1v) is 8.88. The van der Waals surface area contributed by atoms with Gasteiger partial charge in [-0.05, 0) is 42.7 Å². The highest BCUT2D eigenvalue weighted by Crippen LogP contribution is 2.28. The minimum absolute atomic E-state index is 0.0225. The standard InChI is InChI=1S/C18H17N3O4S/c1-23-14-8-7-11(10-15(14)24-2)16(22)19-18-21-20-17(25-18)12-5-4-6-13(9-12)26-3/h4-10H,1-3H3,(H,19,21,22). The predicted molar refractivity (Wildman–Crippen MR) is 99.0 cm³/mol. The molecule has 3 rings (SSSR count). The molecule has 0 aliphatic rings. The van der Waals surface area contributed by atoms with Crippen molar-refractivity contribution >= 4 is 23.7 Å². The van der Waals surface area contributed by atoms with E-state index < -0.39 is 0 Å². The molecule has 3 aromatic rings. The number of anilines is 1. The van der Waals surface area contributed by atoms with Gasteiger partial charge in [0.05, 0.1) is 14.2 Å². The van der Waals surface area contributed by atoms with Gasteiger partial charge < -0.3 is 13.9 Å². The number of ether oxygens (including phenoxy) is 2. The van der Waals surface area contributed by atoms with Crippen molar-refractivity contribution in [3.8, 4) is 23.0 Å². The Bertz CT molecular complexity index is 926. The van der Waals surface area contributed by atoms with E-state index in [1.165, 1.54) is 14.2 Å². The van der Waals surface area contributed by atoms with Crippen molar-refractivity contribution in [3.05, 3.63) is 48.0 Å². The molecule has 0 spiro atoms. The van der Waals surface area contributed by atoms with E-state index in [0.29, 0.717) is 23.0 Å². The van der Waals surface area contributed by atoms with Gasteiger partial charge in [-0.15, -0.1) is 16.9 Å². The number of methoxy groups -OCH3 is 2. The molecule has 0 aliphatic heterocycles. The van der Waals surface area contributed by atoms with Crippen LogP contribution in [0.5, 0.6) is 11.5 Å². The number of hydrogen-bond donors (Lipinski definition) is 1. The maximum Gasteiger partial charge on any atom is 0.322 e. The van der Waals surface area contributed by atoms with E-state index in [2.05, 4.69) is 15.5 Å². The second-order valence-electron chi connectivity index (χ2n) is 5.17. The van der Waals surface area contributed by atoms with Gasteiger partial charge in [-0.2, -0.15) is 0 Å². The first-order valence-electron chi connectivity index (χ1n) is 7.66. The summed E-state index contributed by atoms with van der Waals surface area (Å²) >= 11 is 1.62. The van der Waals surface area contributed by atoms with Gasteiger partial charge in [0.2, 0.25) is 5.89 Å². The van der Waals surface area contributed by atoms with E-state index in [4.69, 9.17) is 13.9 Å². The average molecular weight is 371 g/mol. The van der Waals surface area contributed by atoms with E-state index in [-0.39, 0.29) is 11.9 Å². The van der Waals surface area contributed by atoms with Crippen molar-refractivity contribution in [2.75, 3.05) is 25.8 Å². The van der Waals surface area contributed by atoms with Crippen LogP contribution in [0.4, 0.5) is 6.01 Å². The van der Waals surface area contributed by atoms with Crippen LogP contribution in [0.2, 0.25) is 0 Å². The molecule has 8 heteroatoms. The zero-order valence-electron chi connectivity index (χ0n) is 14.5. The maximum absolute atomic E-state index is 12.4. The van der Waals surface area contributed by atoms with Crippen molar-refractivity contribution in [1.82, 2.24) is 10.2 Å². The summed E-state index contributed by atoms with van der Waals surface area (Å²) in [6.45, 7) is 0. The Kier molecular flexibility index (Phi) is 5.43. The molecule has 0 fully saturated rings. The quantitative estimate of drug-likeness (QED) is 0.661. The molecule has 1 heterocycles. The molecule has 0 bridgehead atoms. The summed E-state index contributed by atoms with van der Waals surface area (Å²) < 4.78 is 15.9. The lowest BCUT2D eigenvalue weighted by molar-refractivity contribution is 0.102. The molecule has 0 radical (unpaired) electrons. The number of nitrogens with one attached hydrogen (secondary N) is 1. The van der Waals surface area contributed by atoms with Crippen LogP contribution < -0.4 is 14.8 Å². The number of hydrogen-bond acceptors (Lipinski definition) is 7. The fourth-order valence-corrected chi connectivity index (χ4v) is 2.75. The van der Waals surface area contributed by atoms with E-state index >= 15 is 0 Å². The molecule has 0 saturated heterocycles. The van der Waals surface area contributed by atoms with Crippen LogP contribution in [0.3, 0.4) is 0 Å². The van der Waals surface area contributed by atoms with Gasteiger partial charge in [-0.3, -0.25) is 10.1 Å². The Hall–Kier alpha value is -3.00. The highest BCUT2D eigenvalue weighted by atomic mass is 32.2. The minimum atomic E-state index is -0.390. The SMILES string of the molecule is COc1ccc(C(=O)Nc2nnc(-c3cccc(SC)c3)o2)cc1OC. The van der Waals surface area contributed by atoms with Gasteiger partial charge in [-0.25, -0.2) is 0 Å². The lowest BCUT2D eigenvalue weighted by atomic mass is 10.2. The van der Waals surface area contributed by atoms with Crippen LogP contribution >= 0.6 is 11.8 Å². The largest absolute Gasteiger partial charge is 0.493 e. The van der Waals surface area contributed by atoms with Crippen molar-refractivity contribution in [2.45, 2.75) is 4.90 Å². The van der Waals surface area contributed by atoms with Gasteiger partial charge in [0, 0.05) is 16.0 Å². The number of carbonyl (C=O) groups excluding carboxylic acids is 1. The lowest BCUT2D eigenvalue weighted by Crippen LogP contribution is -2.12. The van der Waals surface area contributed by atoms with Gasteiger partial charge in [0.25, 0.3) is 5.91 Å². The van der Waals surface area contributed by atoms with Crippen LogP contribution in [0.15, 0.2) is 51.8 Å². The fourth-order valence-electron chi connectivity index (χ4n) is 2.29. The Balaban J connectivity index is 1.77. The Morgan fingerprint density at radius 2 is 1.88 bits per heavy atom. The molecule has 7 nitrogen and oxygen atoms in total. The Labute approximate surface area is 154 Å².